The number of benzene rings is 4. The highest BCUT2D eigenvalue weighted by atomic mass is 19.2. The summed E-state index contributed by atoms with van der Waals surface area (Å²) in [5.41, 5.74) is -9.91. The van der Waals surface area contributed by atoms with E-state index in [1.54, 1.807) is 0 Å². The Morgan fingerprint density at radius 1 is 0.346 bits per heavy atom. The molecular weight excluding hydrogens is 370 g/mol. The quantitative estimate of drug-likeness (QED) is 0.205. The highest BCUT2D eigenvalue weighted by Crippen LogP contribution is 2.40. The summed E-state index contributed by atoms with van der Waals surface area (Å²) in [5, 5.41) is -5.82. The van der Waals surface area contributed by atoms with E-state index < -0.39 is 89.3 Å². The Balaban J connectivity index is 2.69. The van der Waals surface area contributed by atoms with Crippen molar-refractivity contribution in [3.05, 3.63) is 75.8 Å². The van der Waals surface area contributed by atoms with E-state index in [9.17, 15) is 45.5 Å². The fraction of sp³-hybridized carbons (Fsp3) is 0. The first-order valence-corrected chi connectivity index (χ1v) is 6.70. The number of halogens is 6. The lowest BCUT2D eigenvalue weighted by molar-refractivity contribution is 0.455. The lowest BCUT2D eigenvalue weighted by Crippen LogP contribution is -2.34. The van der Waals surface area contributed by atoms with Gasteiger partial charge in [0.05, 0.1) is 21.5 Å². The Morgan fingerprint density at radius 2 is 0.538 bits per heavy atom. The topological polar surface area (TPSA) is 68.3 Å². The van der Waals surface area contributed by atoms with E-state index in [1.165, 1.54) is 0 Å². The third-order valence-electron chi connectivity index (χ3n) is 4.22. The summed E-state index contributed by atoms with van der Waals surface area (Å²) >= 11 is 0. The minimum Gasteiger partial charge on any atom is -0.285 e. The molecule has 2 aliphatic carbocycles. The Hall–Kier alpha value is -3.30. The Labute approximate surface area is 135 Å². The third kappa shape index (κ3) is 1.52. The Morgan fingerprint density at radius 3 is 0.731 bits per heavy atom. The molecule has 0 aromatic heterocycles. The molecule has 0 unspecified atom stereocenters. The lowest BCUT2D eigenvalue weighted by atomic mass is 9.85. The molecule has 2 aromatic rings. The van der Waals surface area contributed by atoms with Gasteiger partial charge in [0.1, 0.15) is 0 Å². The van der Waals surface area contributed by atoms with Gasteiger partial charge in [0, 0.05) is 11.1 Å². The van der Waals surface area contributed by atoms with E-state index in [4.69, 9.17) is 0 Å². The van der Waals surface area contributed by atoms with Crippen LogP contribution in [0.15, 0.2) is 19.2 Å². The van der Waals surface area contributed by atoms with Gasteiger partial charge in [-0.15, -0.1) is 0 Å². The standard InChI is InChI=1S/C16F6O4/c17-7-3-1-2-5(15(25)13(3)23)9(19)12(22)10(20)6(2)16(26)14(24)4(1)8(18)11(7)21. The molecule has 0 saturated carbocycles. The van der Waals surface area contributed by atoms with Gasteiger partial charge in [0.15, 0.2) is 34.9 Å². The van der Waals surface area contributed by atoms with Crippen molar-refractivity contribution >= 4 is 21.5 Å². The van der Waals surface area contributed by atoms with Crippen LogP contribution < -0.4 is 21.7 Å². The fourth-order valence-electron chi connectivity index (χ4n) is 3.13. The SMILES string of the molecule is O=c1c(=O)c2c(F)c(F)c(F)c3c2-c2c1c(F)c(F)c(F)c2c(=O)c3=O. The molecule has 0 spiro atoms. The highest BCUT2D eigenvalue weighted by molar-refractivity contribution is 6.11. The second-order valence-corrected chi connectivity index (χ2v) is 5.45. The van der Waals surface area contributed by atoms with Crippen molar-refractivity contribution in [3.8, 4) is 11.1 Å². The van der Waals surface area contributed by atoms with Gasteiger partial charge in [-0.05, 0) is 0 Å². The number of rotatable bonds is 0. The molecule has 4 nitrogen and oxygen atoms in total. The van der Waals surface area contributed by atoms with E-state index in [0.29, 0.717) is 0 Å². The average molecular weight is 370 g/mol. The van der Waals surface area contributed by atoms with Gasteiger partial charge in [0.2, 0.25) is 21.7 Å². The second kappa shape index (κ2) is 4.65. The smallest absolute Gasteiger partial charge is 0.237 e. The van der Waals surface area contributed by atoms with Crippen LogP contribution in [0.4, 0.5) is 26.3 Å². The summed E-state index contributed by atoms with van der Waals surface area (Å²) in [6.07, 6.45) is 0. The minimum atomic E-state index is -2.32. The molecule has 0 saturated heterocycles. The van der Waals surface area contributed by atoms with E-state index in [-0.39, 0.29) is 0 Å². The zero-order valence-corrected chi connectivity index (χ0v) is 11.9. The molecule has 0 atom stereocenters. The summed E-state index contributed by atoms with van der Waals surface area (Å²) in [6, 6.07) is 0. The predicted octanol–water partition coefficient (Wildman–Crippen LogP) is 1.69. The summed E-state index contributed by atoms with van der Waals surface area (Å²) in [7, 11) is 0. The number of hydrogen-bond donors (Lipinski definition) is 0. The van der Waals surface area contributed by atoms with Crippen molar-refractivity contribution in [2.75, 3.05) is 0 Å². The first-order chi connectivity index (χ1) is 12.1. The van der Waals surface area contributed by atoms with Crippen molar-refractivity contribution < 1.29 is 26.3 Å². The van der Waals surface area contributed by atoms with Crippen molar-refractivity contribution in [3.63, 3.8) is 0 Å². The molecule has 10 heteroatoms. The summed E-state index contributed by atoms with van der Waals surface area (Å²) in [5.74, 6) is -13.4. The molecule has 2 aromatic carbocycles. The molecule has 0 amide bonds. The molecular formula is C16F6O4. The molecule has 130 valence electrons. The van der Waals surface area contributed by atoms with Crippen LogP contribution in [0.1, 0.15) is 0 Å². The Bertz CT molecular complexity index is 1250. The van der Waals surface area contributed by atoms with E-state index in [2.05, 4.69) is 0 Å². The van der Waals surface area contributed by atoms with Gasteiger partial charge in [-0.1, -0.05) is 0 Å². The van der Waals surface area contributed by atoms with Gasteiger partial charge in [0.25, 0.3) is 0 Å². The van der Waals surface area contributed by atoms with Gasteiger partial charge >= 0.3 is 0 Å². The highest BCUT2D eigenvalue weighted by Gasteiger charge is 2.36. The van der Waals surface area contributed by atoms with Crippen molar-refractivity contribution in [1.29, 1.82) is 0 Å². The second-order valence-electron chi connectivity index (χ2n) is 5.45. The zero-order chi connectivity index (χ0) is 19.2. The fourth-order valence-corrected chi connectivity index (χ4v) is 3.13. The summed E-state index contributed by atoms with van der Waals surface area (Å²) in [6.45, 7) is 0. The van der Waals surface area contributed by atoms with E-state index in [1.807, 2.05) is 0 Å². The third-order valence-corrected chi connectivity index (χ3v) is 4.22. The van der Waals surface area contributed by atoms with Crippen LogP contribution in [-0.4, -0.2) is 0 Å². The van der Waals surface area contributed by atoms with Crippen molar-refractivity contribution in [2.45, 2.75) is 0 Å². The van der Waals surface area contributed by atoms with E-state index >= 15 is 0 Å². The molecule has 0 bridgehead atoms. The Kier molecular flexibility index (Phi) is 2.90. The number of hydrogen-bond acceptors (Lipinski definition) is 4. The molecule has 0 aliphatic heterocycles. The summed E-state index contributed by atoms with van der Waals surface area (Å²) < 4.78 is 83.6. The molecule has 0 N–H and O–H groups in total. The van der Waals surface area contributed by atoms with Gasteiger partial charge in [-0.2, -0.15) is 0 Å². The molecule has 0 fully saturated rings. The maximum Gasteiger partial charge on any atom is 0.237 e. The van der Waals surface area contributed by atoms with Gasteiger partial charge < -0.3 is 0 Å². The first-order valence-electron chi connectivity index (χ1n) is 6.70. The normalized spacial score (nSPS) is 12.1. The molecule has 0 radical (unpaired) electrons. The van der Waals surface area contributed by atoms with Crippen LogP contribution in [0.3, 0.4) is 0 Å². The van der Waals surface area contributed by atoms with Crippen LogP contribution >= 0.6 is 0 Å². The van der Waals surface area contributed by atoms with Gasteiger partial charge in [-0.3, -0.25) is 19.2 Å². The van der Waals surface area contributed by atoms with E-state index in [0.717, 1.165) is 0 Å². The molecule has 0 heterocycles. The maximum absolute atomic E-state index is 14.1. The van der Waals surface area contributed by atoms with Crippen LogP contribution in [-0.2, 0) is 0 Å². The maximum atomic E-state index is 14.1. The first kappa shape index (κ1) is 16.2. The van der Waals surface area contributed by atoms with Crippen LogP contribution in [0, 0.1) is 34.9 Å². The van der Waals surface area contributed by atoms with Crippen LogP contribution in [0.5, 0.6) is 0 Å². The lowest BCUT2D eigenvalue weighted by Gasteiger charge is -2.16. The average Bonchev–Trinajstić information content (AvgIpc) is 2.60. The molecule has 26 heavy (non-hydrogen) atoms. The van der Waals surface area contributed by atoms with Crippen LogP contribution in [0.25, 0.3) is 32.7 Å². The van der Waals surface area contributed by atoms with Gasteiger partial charge in [-0.25, -0.2) is 26.3 Å². The summed E-state index contributed by atoms with van der Waals surface area (Å²) in [4.78, 5) is 48.1. The predicted molar refractivity (Wildman–Crippen MR) is 76.5 cm³/mol. The van der Waals surface area contributed by atoms with Crippen LogP contribution in [0.2, 0.25) is 0 Å². The largest absolute Gasteiger partial charge is 0.285 e. The van der Waals surface area contributed by atoms with Crippen molar-refractivity contribution in [2.24, 2.45) is 0 Å². The van der Waals surface area contributed by atoms with Crippen molar-refractivity contribution in [1.82, 2.24) is 0 Å². The zero-order valence-electron chi connectivity index (χ0n) is 11.9. The monoisotopic (exact) mass is 370 g/mol. The molecule has 2 aliphatic rings. The minimum absolute atomic E-state index is 1.15. The molecule has 4 rings (SSSR count).